The maximum atomic E-state index is 6.87. The monoisotopic (exact) mass is 539 g/mol. The molecule has 0 atom stereocenters. The van der Waals surface area contributed by atoms with E-state index in [0.717, 1.165) is 49.7 Å². The number of rotatable bonds is 1. The van der Waals surface area contributed by atoms with Gasteiger partial charge in [-0.2, -0.15) is 0 Å². The first kappa shape index (κ1) is 22.4. The SMILES string of the molecule is CC1(C)c2ccccc2-c2c1c1c3ccccc3n(-c3ccc4oc5ccccc5c4c3)c1c1oc3ccccc3c21. The molecule has 3 heteroatoms. The van der Waals surface area contributed by atoms with Crippen molar-refractivity contribution in [3.63, 3.8) is 0 Å². The van der Waals surface area contributed by atoms with Gasteiger partial charge in [-0.15, -0.1) is 0 Å². The van der Waals surface area contributed by atoms with Gasteiger partial charge < -0.3 is 13.4 Å². The molecule has 198 valence electrons. The molecule has 0 bridgehead atoms. The number of fused-ring (bicyclic) bond motifs is 15. The first-order chi connectivity index (χ1) is 20.6. The van der Waals surface area contributed by atoms with Crippen LogP contribution in [0.1, 0.15) is 25.0 Å². The highest BCUT2D eigenvalue weighted by atomic mass is 16.3. The van der Waals surface area contributed by atoms with Crippen LogP contribution in [0.3, 0.4) is 0 Å². The van der Waals surface area contributed by atoms with Crippen LogP contribution in [0.4, 0.5) is 0 Å². The van der Waals surface area contributed by atoms with Crippen LogP contribution in [-0.4, -0.2) is 4.57 Å². The second-order valence-corrected chi connectivity index (χ2v) is 12.1. The minimum atomic E-state index is -0.184. The maximum absolute atomic E-state index is 6.87. The number of hydrogen-bond acceptors (Lipinski definition) is 2. The first-order valence-electron chi connectivity index (χ1n) is 14.5. The van der Waals surface area contributed by atoms with Gasteiger partial charge in [-0.25, -0.2) is 0 Å². The van der Waals surface area contributed by atoms with Gasteiger partial charge in [0.1, 0.15) is 16.7 Å². The molecule has 1 aliphatic carbocycles. The number of nitrogens with zero attached hydrogens (tertiary/aromatic N) is 1. The van der Waals surface area contributed by atoms with Gasteiger partial charge in [-0.1, -0.05) is 92.7 Å². The van der Waals surface area contributed by atoms with Crippen LogP contribution in [0.25, 0.3) is 82.5 Å². The third-order valence-electron chi connectivity index (χ3n) is 9.55. The lowest BCUT2D eigenvalue weighted by Gasteiger charge is -2.23. The van der Waals surface area contributed by atoms with Crippen molar-refractivity contribution in [3.8, 4) is 16.8 Å². The molecular weight excluding hydrogens is 514 g/mol. The Morgan fingerprint density at radius 2 is 1.24 bits per heavy atom. The molecule has 3 aromatic heterocycles. The summed E-state index contributed by atoms with van der Waals surface area (Å²) in [6, 6.07) is 41.0. The molecule has 3 nitrogen and oxygen atoms in total. The Bertz CT molecular complexity index is 2610. The highest BCUT2D eigenvalue weighted by Gasteiger charge is 2.41. The molecule has 0 spiro atoms. The largest absolute Gasteiger partial charge is 0.456 e. The fourth-order valence-corrected chi connectivity index (χ4v) is 7.81. The summed E-state index contributed by atoms with van der Waals surface area (Å²) in [7, 11) is 0. The second-order valence-electron chi connectivity index (χ2n) is 12.1. The molecule has 0 aliphatic heterocycles. The molecular formula is C39H25NO2. The third kappa shape index (κ3) is 2.58. The van der Waals surface area contributed by atoms with Crippen LogP contribution in [0.2, 0.25) is 0 Å². The van der Waals surface area contributed by atoms with Crippen LogP contribution < -0.4 is 0 Å². The Morgan fingerprint density at radius 3 is 2.10 bits per heavy atom. The molecule has 0 fully saturated rings. The molecule has 0 amide bonds. The van der Waals surface area contributed by atoms with E-state index in [1.54, 1.807) is 0 Å². The van der Waals surface area contributed by atoms with E-state index in [0.29, 0.717) is 0 Å². The second kappa shape index (κ2) is 7.51. The van der Waals surface area contributed by atoms with E-state index < -0.39 is 0 Å². The highest BCUT2D eigenvalue weighted by molar-refractivity contribution is 6.29. The molecule has 42 heavy (non-hydrogen) atoms. The van der Waals surface area contributed by atoms with Gasteiger partial charge in [0.05, 0.1) is 11.0 Å². The minimum Gasteiger partial charge on any atom is -0.456 e. The number of para-hydroxylation sites is 3. The van der Waals surface area contributed by atoms with Gasteiger partial charge in [-0.3, -0.25) is 0 Å². The number of hydrogen-bond donors (Lipinski definition) is 0. The standard InChI is InChI=1S/C39H25NO2/c1-39(2)28-15-7-3-12-24(28)33-34-26-14-6-10-18-31(26)42-38(34)37-35(36(33)39)25-13-4-8-16-29(25)40(37)22-19-20-32-27(21-22)23-11-5-9-17-30(23)41-32/h3-21H,1-2H3. The molecule has 3 heterocycles. The number of aromatic nitrogens is 1. The van der Waals surface area contributed by atoms with Crippen LogP contribution in [0, 0.1) is 0 Å². The van der Waals surface area contributed by atoms with Gasteiger partial charge >= 0.3 is 0 Å². The minimum absolute atomic E-state index is 0.184. The van der Waals surface area contributed by atoms with Crippen molar-refractivity contribution in [2.45, 2.75) is 19.3 Å². The summed E-state index contributed by atoms with van der Waals surface area (Å²) in [5, 5.41) is 7.11. The van der Waals surface area contributed by atoms with E-state index in [1.807, 2.05) is 12.1 Å². The third-order valence-corrected chi connectivity index (χ3v) is 9.55. The molecule has 0 unspecified atom stereocenters. The van der Waals surface area contributed by atoms with Crippen molar-refractivity contribution in [1.29, 1.82) is 0 Å². The van der Waals surface area contributed by atoms with Crippen LogP contribution in [0.5, 0.6) is 0 Å². The van der Waals surface area contributed by atoms with Gasteiger partial charge in [0, 0.05) is 43.4 Å². The van der Waals surface area contributed by atoms with E-state index in [2.05, 4.69) is 122 Å². The van der Waals surface area contributed by atoms with Gasteiger partial charge in [0.15, 0.2) is 5.58 Å². The average Bonchev–Trinajstić information content (AvgIpc) is 3.74. The Labute approximate surface area is 241 Å². The zero-order valence-electron chi connectivity index (χ0n) is 23.2. The van der Waals surface area contributed by atoms with E-state index in [9.17, 15) is 0 Å². The smallest absolute Gasteiger partial charge is 0.160 e. The normalized spacial score (nSPS) is 14.1. The topological polar surface area (TPSA) is 31.2 Å². The van der Waals surface area contributed by atoms with Gasteiger partial charge in [0.2, 0.25) is 0 Å². The van der Waals surface area contributed by atoms with Crippen molar-refractivity contribution in [1.82, 2.24) is 4.57 Å². The number of furan rings is 2. The summed E-state index contributed by atoms with van der Waals surface area (Å²) in [6.45, 7) is 4.75. The van der Waals surface area contributed by atoms with Crippen molar-refractivity contribution in [3.05, 3.63) is 126 Å². The van der Waals surface area contributed by atoms with E-state index >= 15 is 0 Å². The molecule has 1 aliphatic rings. The lowest BCUT2D eigenvalue weighted by atomic mass is 9.80. The van der Waals surface area contributed by atoms with Gasteiger partial charge in [0.25, 0.3) is 0 Å². The van der Waals surface area contributed by atoms with E-state index in [-0.39, 0.29) is 5.41 Å². The average molecular weight is 540 g/mol. The highest BCUT2D eigenvalue weighted by Crippen LogP contribution is 2.58. The molecule has 6 aromatic carbocycles. The molecule has 0 saturated heterocycles. The Hall–Kier alpha value is -5.28. The predicted octanol–water partition coefficient (Wildman–Crippen LogP) is 10.9. The molecule has 9 aromatic rings. The Kier molecular flexibility index (Phi) is 4.01. The summed E-state index contributed by atoms with van der Waals surface area (Å²) >= 11 is 0. The van der Waals surface area contributed by atoms with Crippen molar-refractivity contribution in [2.24, 2.45) is 0 Å². The quantitative estimate of drug-likeness (QED) is 0.208. The fraction of sp³-hybridized carbons (Fsp3) is 0.0769. The molecule has 0 radical (unpaired) electrons. The lowest BCUT2D eigenvalue weighted by molar-refractivity contribution is 0.663. The van der Waals surface area contributed by atoms with Crippen molar-refractivity contribution >= 4 is 65.7 Å². The van der Waals surface area contributed by atoms with E-state index in [1.165, 1.54) is 43.9 Å². The zero-order valence-corrected chi connectivity index (χ0v) is 23.2. The Morgan fingerprint density at radius 1 is 0.571 bits per heavy atom. The molecule has 10 rings (SSSR count). The number of benzene rings is 6. The Balaban J connectivity index is 1.47. The van der Waals surface area contributed by atoms with Crippen molar-refractivity contribution < 1.29 is 8.83 Å². The fourth-order valence-electron chi connectivity index (χ4n) is 7.81. The zero-order chi connectivity index (χ0) is 27.7. The van der Waals surface area contributed by atoms with Gasteiger partial charge in [-0.05, 0) is 58.7 Å². The summed E-state index contributed by atoms with van der Waals surface area (Å²) in [5.74, 6) is 0. The summed E-state index contributed by atoms with van der Waals surface area (Å²) in [5.41, 5.74) is 12.2. The lowest BCUT2D eigenvalue weighted by Crippen LogP contribution is -2.15. The predicted molar refractivity (Wildman–Crippen MR) is 173 cm³/mol. The van der Waals surface area contributed by atoms with Crippen LogP contribution in [-0.2, 0) is 5.41 Å². The summed E-state index contributed by atoms with van der Waals surface area (Å²) in [6.07, 6.45) is 0. The van der Waals surface area contributed by atoms with E-state index in [4.69, 9.17) is 8.83 Å². The molecule has 0 N–H and O–H groups in total. The summed E-state index contributed by atoms with van der Waals surface area (Å²) in [4.78, 5) is 0. The van der Waals surface area contributed by atoms with Crippen LogP contribution >= 0.6 is 0 Å². The summed E-state index contributed by atoms with van der Waals surface area (Å²) < 4.78 is 15.5. The van der Waals surface area contributed by atoms with Crippen molar-refractivity contribution in [2.75, 3.05) is 0 Å². The molecule has 0 saturated carbocycles. The first-order valence-corrected chi connectivity index (χ1v) is 14.5. The van der Waals surface area contributed by atoms with Crippen LogP contribution in [0.15, 0.2) is 124 Å². The maximum Gasteiger partial charge on any atom is 0.160 e.